The third kappa shape index (κ3) is 3.01. The minimum Gasteiger partial charge on any atom is -0.238 e. The highest BCUT2D eigenvalue weighted by Crippen LogP contribution is 2.15. The summed E-state index contributed by atoms with van der Waals surface area (Å²) in [6.45, 7) is 0. The Morgan fingerprint density at radius 3 is 2.44 bits per heavy atom. The summed E-state index contributed by atoms with van der Waals surface area (Å²) in [5, 5.41) is 0.649. The molecule has 5 heteroatoms. The van der Waals surface area contributed by atoms with Crippen LogP contribution in [0, 0.1) is 3.57 Å². The van der Waals surface area contributed by atoms with Crippen LogP contribution >= 0.6 is 34.2 Å². The van der Waals surface area contributed by atoms with Crippen LogP contribution in [-0.4, -0.2) is 5.84 Å². The molecule has 0 heterocycles. The van der Waals surface area contributed by atoms with E-state index in [0.29, 0.717) is 10.9 Å². The minimum absolute atomic E-state index is 0.649. The Morgan fingerprint density at radius 2 is 1.78 bits per heavy atom. The topological polar surface area (TPSA) is 52.0 Å². The van der Waals surface area contributed by atoms with Crippen molar-refractivity contribution in [2.45, 2.75) is 0 Å². The van der Waals surface area contributed by atoms with Gasteiger partial charge >= 0.3 is 0 Å². The van der Waals surface area contributed by atoms with Crippen LogP contribution < -0.4 is 16.3 Å². The quantitative estimate of drug-likeness (QED) is 0.246. The smallest absolute Gasteiger partial charge is 0.238 e. The summed E-state index contributed by atoms with van der Waals surface area (Å²) < 4.78 is 1.10. The average Bonchev–Trinajstić information content (AvgIpc) is 2.39. The Balaban J connectivity index is 2.47. The lowest BCUT2D eigenvalue weighted by atomic mass is 10.2. The van der Waals surface area contributed by atoms with E-state index in [1.807, 2.05) is 48.5 Å². The zero-order valence-electron chi connectivity index (χ0n) is 9.45. The van der Waals surface area contributed by atoms with E-state index in [-0.39, 0.29) is 0 Å². The SMILES string of the molecule is NNC(=[NH+]c1ccccc1Cl)c1ccccc1I. The maximum Gasteiger partial charge on any atom is 0.299 e. The molecule has 0 saturated heterocycles. The van der Waals surface area contributed by atoms with E-state index in [9.17, 15) is 0 Å². The predicted octanol–water partition coefficient (Wildman–Crippen LogP) is 1.57. The molecule has 0 aliphatic rings. The standard InChI is InChI=1S/C13H11ClIN3/c14-10-6-2-4-8-12(10)17-13(18-16)9-5-1-3-7-11(9)15/h1-8H,16H2,(H,17,18)/p+1. The molecule has 0 aliphatic heterocycles. The third-order valence-electron chi connectivity index (χ3n) is 2.42. The van der Waals surface area contributed by atoms with E-state index >= 15 is 0 Å². The van der Waals surface area contributed by atoms with Crippen molar-refractivity contribution in [1.82, 2.24) is 5.43 Å². The van der Waals surface area contributed by atoms with Gasteiger partial charge in [-0.05, 0) is 46.9 Å². The largest absolute Gasteiger partial charge is 0.299 e. The number of hydrogen-bond acceptors (Lipinski definition) is 1. The number of hydrogen-bond donors (Lipinski definition) is 3. The molecule has 0 radical (unpaired) electrons. The van der Waals surface area contributed by atoms with Crippen molar-refractivity contribution < 1.29 is 4.99 Å². The molecule has 2 rings (SSSR count). The monoisotopic (exact) mass is 372 g/mol. The van der Waals surface area contributed by atoms with Crippen LogP contribution in [0.2, 0.25) is 5.02 Å². The number of halogens is 2. The van der Waals surface area contributed by atoms with Gasteiger partial charge in [0, 0.05) is 3.57 Å². The number of amidine groups is 1. The lowest BCUT2D eigenvalue weighted by Gasteiger charge is -2.03. The van der Waals surface area contributed by atoms with E-state index in [1.54, 1.807) is 0 Å². The van der Waals surface area contributed by atoms with Crippen LogP contribution in [-0.2, 0) is 0 Å². The first-order valence-corrected chi connectivity index (χ1v) is 6.78. The predicted molar refractivity (Wildman–Crippen MR) is 82.7 cm³/mol. The second-order valence-electron chi connectivity index (χ2n) is 3.60. The van der Waals surface area contributed by atoms with Gasteiger partial charge in [0.15, 0.2) is 0 Å². The van der Waals surface area contributed by atoms with E-state index in [4.69, 9.17) is 17.4 Å². The fourth-order valence-corrected chi connectivity index (χ4v) is 2.38. The van der Waals surface area contributed by atoms with Gasteiger partial charge in [0.2, 0.25) is 0 Å². The molecule has 18 heavy (non-hydrogen) atoms. The molecule has 0 atom stereocenters. The first-order valence-electron chi connectivity index (χ1n) is 5.32. The average molecular weight is 373 g/mol. The van der Waals surface area contributed by atoms with Crippen molar-refractivity contribution in [3.05, 3.63) is 62.7 Å². The van der Waals surface area contributed by atoms with Crippen LogP contribution in [0.15, 0.2) is 48.5 Å². The molecule has 0 aliphatic carbocycles. The van der Waals surface area contributed by atoms with Crippen molar-refractivity contribution in [3.63, 3.8) is 0 Å². The number of nitrogens with one attached hydrogen (secondary N) is 2. The van der Waals surface area contributed by atoms with Gasteiger partial charge in [-0.2, -0.15) is 11.3 Å². The van der Waals surface area contributed by atoms with Crippen molar-refractivity contribution in [2.24, 2.45) is 5.84 Å². The van der Waals surface area contributed by atoms with E-state index in [1.165, 1.54) is 0 Å². The summed E-state index contributed by atoms with van der Waals surface area (Å²) >= 11 is 8.37. The highest BCUT2D eigenvalue weighted by Gasteiger charge is 2.12. The normalized spacial score (nSPS) is 11.4. The van der Waals surface area contributed by atoms with E-state index in [2.05, 4.69) is 33.0 Å². The van der Waals surface area contributed by atoms with E-state index in [0.717, 1.165) is 14.8 Å². The molecule has 0 saturated carbocycles. The lowest BCUT2D eigenvalue weighted by Crippen LogP contribution is -2.71. The Bertz CT molecular complexity index is 584. The summed E-state index contributed by atoms with van der Waals surface area (Å²) in [6.07, 6.45) is 0. The fraction of sp³-hybridized carbons (Fsp3) is 0. The van der Waals surface area contributed by atoms with Gasteiger partial charge in [0.1, 0.15) is 5.69 Å². The lowest BCUT2D eigenvalue weighted by molar-refractivity contribution is -0.355. The number of rotatable bonds is 2. The summed E-state index contributed by atoms with van der Waals surface area (Å²) in [6, 6.07) is 15.5. The molecule has 2 aromatic rings. The van der Waals surface area contributed by atoms with Gasteiger partial charge < -0.3 is 0 Å². The highest BCUT2D eigenvalue weighted by atomic mass is 127. The molecule has 4 N–H and O–H groups in total. The van der Waals surface area contributed by atoms with Gasteiger partial charge in [0.25, 0.3) is 5.84 Å². The van der Waals surface area contributed by atoms with Crippen LogP contribution in [0.25, 0.3) is 0 Å². The van der Waals surface area contributed by atoms with Gasteiger partial charge in [-0.1, -0.05) is 35.9 Å². The van der Waals surface area contributed by atoms with Crippen molar-refractivity contribution >= 4 is 45.7 Å². The second kappa shape index (κ2) is 6.17. The van der Waals surface area contributed by atoms with E-state index < -0.39 is 0 Å². The summed E-state index contributed by atoms with van der Waals surface area (Å²) in [5.74, 6) is 6.29. The summed E-state index contributed by atoms with van der Waals surface area (Å²) in [7, 11) is 0. The van der Waals surface area contributed by atoms with Crippen LogP contribution in [0.3, 0.4) is 0 Å². The molecule has 0 bridgehead atoms. The summed E-state index contributed by atoms with van der Waals surface area (Å²) in [5.41, 5.74) is 4.49. The molecule has 0 spiro atoms. The Hall–Kier alpha value is -1.11. The molecule has 2 aromatic carbocycles. The molecule has 0 fully saturated rings. The summed E-state index contributed by atoms with van der Waals surface area (Å²) in [4.78, 5) is 3.20. The first-order chi connectivity index (χ1) is 8.72. The first kappa shape index (κ1) is 13.3. The van der Waals surface area contributed by atoms with Crippen LogP contribution in [0.5, 0.6) is 0 Å². The Labute approximate surface area is 124 Å². The van der Waals surface area contributed by atoms with Crippen molar-refractivity contribution in [3.8, 4) is 0 Å². The molecule has 0 unspecified atom stereocenters. The molecule has 0 amide bonds. The maximum atomic E-state index is 6.11. The Morgan fingerprint density at radius 1 is 1.11 bits per heavy atom. The second-order valence-corrected chi connectivity index (χ2v) is 5.17. The van der Waals surface area contributed by atoms with Gasteiger partial charge in [-0.3, -0.25) is 0 Å². The van der Waals surface area contributed by atoms with Gasteiger partial charge in [-0.25, -0.2) is 4.99 Å². The van der Waals surface area contributed by atoms with Crippen LogP contribution in [0.4, 0.5) is 5.69 Å². The van der Waals surface area contributed by atoms with Crippen molar-refractivity contribution in [2.75, 3.05) is 0 Å². The van der Waals surface area contributed by atoms with Gasteiger partial charge in [0.05, 0.1) is 10.6 Å². The number of benzene rings is 2. The van der Waals surface area contributed by atoms with Crippen LogP contribution in [0.1, 0.15) is 5.56 Å². The molecule has 3 nitrogen and oxygen atoms in total. The maximum absolute atomic E-state index is 6.11. The number of hydrazine groups is 1. The zero-order valence-corrected chi connectivity index (χ0v) is 12.4. The number of nitrogens with two attached hydrogens (primary N) is 1. The zero-order chi connectivity index (χ0) is 13.0. The molecular weight excluding hydrogens is 361 g/mol. The Kier molecular flexibility index (Phi) is 4.57. The van der Waals surface area contributed by atoms with Crippen molar-refractivity contribution in [1.29, 1.82) is 0 Å². The molecule has 0 aromatic heterocycles. The van der Waals surface area contributed by atoms with Gasteiger partial charge in [-0.15, -0.1) is 0 Å². The third-order valence-corrected chi connectivity index (χ3v) is 3.69. The minimum atomic E-state index is 0.649. The number of para-hydroxylation sites is 1. The fourth-order valence-electron chi connectivity index (χ4n) is 1.54. The molecule has 92 valence electrons. The molecular formula is C13H12ClIN3+. The highest BCUT2D eigenvalue weighted by molar-refractivity contribution is 14.1.